The fourth-order valence-corrected chi connectivity index (χ4v) is 4.60. The van der Waals surface area contributed by atoms with Crippen molar-refractivity contribution < 1.29 is 18.0 Å². The van der Waals surface area contributed by atoms with Gasteiger partial charge in [-0.25, -0.2) is 8.42 Å². The zero-order chi connectivity index (χ0) is 19.5. The molecule has 1 aliphatic heterocycles. The number of amides is 2. The smallest absolute Gasteiger partial charge is 0.246 e. The van der Waals surface area contributed by atoms with Crippen molar-refractivity contribution in [3.8, 4) is 0 Å². The Kier molecular flexibility index (Phi) is 6.28. The quantitative estimate of drug-likeness (QED) is 0.802. The molecule has 1 fully saturated rings. The maximum Gasteiger partial charge on any atom is 0.246 e. The van der Waals surface area contributed by atoms with Crippen molar-refractivity contribution in [2.24, 2.45) is 11.7 Å². The minimum absolute atomic E-state index is 0.220. The van der Waals surface area contributed by atoms with Gasteiger partial charge in [0.25, 0.3) is 0 Å². The molecule has 2 rings (SSSR count). The van der Waals surface area contributed by atoms with E-state index in [1.807, 2.05) is 13.0 Å². The van der Waals surface area contributed by atoms with Crippen molar-refractivity contribution in [2.45, 2.75) is 39.2 Å². The molecule has 2 N–H and O–H groups in total. The summed E-state index contributed by atoms with van der Waals surface area (Å²) in [6.45, 7) is 4.50. The summed E-state index contributed by atoms with van der Waals surface area (Å²) in [7, 11) is -3.64. The van der Waals surface area contributed by atoms with Gasteiger partial charge in [-0.05, 0) is 43.9 Å². The standard InChI is InChI=1S/C18H27N3O4S/c1-4-16(18(23)20-10-8-14(9-11-20)17(19)22)21(26(3,24)25)15-7-5-6-13(2)12-15/h5-7,12,14,16H,4,8-11H2,1-3H3,(H2,19,22)/t16-/m1/s1. The lowest BCUT2D eigenvalue weighted by molar-refractivity contribution is -0.135. The number of piperidine rings is 1. The number of hydrogen-bond acceptors (Lipinski definition) is 4. The van der Waals surface area contributed by atoms with E-state index in [9.17, 15) is 18.0 Å². The van der Waals surface area contributed by atoms with Crippen LogP contribution in [0.25, 0.3) is 0 Å². The van der Waals surface area contributed by atoms with Gasteiger partial charge >= 0.3 is 0 Å². The van der Waals surface area contributed by atoms with Crippen molar-refractivity contribution in [2.75, 3.05) is 23.7 Å². The summed E-state index contributed by atoms with van der Waals surface area (Å²) in [5, 5.41) is 0. The van der Waals surface area contributed by atoms with Crippen LogP contribution in [0.5, 0.6) is 0 Å². The van der Waals surface area contributed by atoms with E-state index in [2.05, 4.69) is 0 Å². The highest BCUT2D eigenvalue weighted by atomic mass is 32.2. The molecular weight excluding hydrogens is 354 g/mol. The Morgan fingerprint density at radius 2 is 1.92 bits per heavy atom. The van der Waals surface area contributed by atoms with Gasteiger partial charge in [0.1, 0.15) is 6.04 Å². The van der Waals surface area contributed by atoms with Crippen LogP contribution in [0.1, 0.15) is 31.7 Å². The van der Waals surface area contributed by atoms with E-state index in [0.717, 1.165) is 11.8 Å². The molecule has 0 saturated carbocycles. The molecule has 7 nitrogen and oxygen atoms in total. The highest BCUT2D eigenvalue weighted by Crippen LogP contribution is 2.26. The molecule has 0 unspecified atom stereocenters. The molecule has 0 radical (unpaired) electrons. The predicted octanol–water partition coefficient (Wildman–Crippen LogP) is 1.26. The Morgan fingerprint density at radius 1 is 1.31 bits per heavy atom. The van der Waals surface area contributed by atoms with Gasteiger partial charge in [-0.3, -0.25) is 13.9 Å². The van der Waals surface area contributed by atoms with Crippen molar-refractivity contribution >= 4 is 27.5 Å². The lowest BCUT2D eigenvalue weighted by atomic mass is 9.95. The Balaban J connectivity index is 2.28. The summed E-state index contributed by atoms with van der Waals surface area (Å²) < 4.78 is 26.1. The molecule has 1 saturated heterocycles. The van der Waals surface area contributed by atoms with E-state index in [1.54, 1.807) is 30.0 Å². The Labute approximate surface area is 155 Å². The van der Waals surface area contributed by atoms with Crippen molar-refractivity contribution in [3.05, 3.63) is 29.8 Å². The lowest BCUT2D eigenvalue weighted by Gasteiger charge is -2.37. The van der Waals surface area contributed by atoms with E-state index in [1.165, 1.54) is 4.31 Å². The van der Waals surface area contributed by atoms with E-state index >= 15 is 0 Å². The predicted molar refractivity (Wildman–Crippen MR) is 101 cm³/mol. The highest BCUT2D eigenvalue weighted by Gasteiger charge is 2.36. The lowest BCUT2D eigenvalue weighted by Crippen LogP contribution is -2.53. The average molecular weight is 381 g/mol. The van der Waals surface area contributed by atoms with E-state index in [0.29, 0.717) is 38.0 Å². The minimum Gasteiger partial charge on any atom is -0.369 e. The number of carbonyl (C=O) groups excluding carboxylic acids is 2. The summed E-state index contributed by atoms with van der Waals surface area (Å²) in [5.74, 6) is -0.800. The molecule has 26 heavy (non-hydrogen) atoms. The Morgan fingerprint density at radius 3 is 2.38 bits per heavy atom. The third-order valence-corrected chi connectivity index (χ3v) is 5.96. The Hall–Kier alpha value is -2.09. The number of carbonyl (C=O) groups is 2. The third kappa shape index (κ3) is 4.55. The number of aryl methyl sites for hydroxylation is 1. The van der Waals surface area contributed by atoms with Crippen LogP contribution in [0, 0.1) is 12.8 Å². The van der Waals surface area contributed by atoms with E-state index in [4.69, 9.17) is 5.73 Å². The van der Waals surface area contributed by atoms with Crippen LogP contribution in [0.3, 0.4) is 0 Å². The average Bonchev–Trinajstić information content (AvgIpc) is 2.57. The zero-order valence-corrected chi connectivity index (χ0v) is 16.3. The molecule has 1 aromatic rings. The molecule has 1 aliphatic rings. The number of anilines is 1. The first-order valence-electron chi connectivity index (χ1n) is 8.79. The number of nitrogens with zero attached hydrogens (tertiary/aromatic N) is 2. The first-order chi connectivity index (χ1) is 12.1. The molecule has 2 amide bonds. The van der Waals surface area contributed by atoms with Crippen LogP contribution >= 0.6 is 0 Å². The monoisotopic (exact) mass is 381 g/mol. The van der Waals surface area contributed by atoms with Gasteiger partial charge in [-0.15, -0.1) is 0 Å². The maximum atomic E-state index is 13.1. The summed E-state index contributed by atoms with van der Waals surface area (Å²) in [6.07, 6.45) is 2.50. The maximum absolute atomic E-state index is 13.1. The van der Waals surface area contributed by atoms with Crippen LogP contribution in [0.15, 0.2) is 24.3 Å². The second-order valence-corrected chi connectivity index (χ2v) is 8.68. The summed E-state index contributed by atoms with van der Waals surface area (Å²) >= 11 is 0. The molecule has 144 valence electrons. The Bertz CT molecular complexity index is 770. The van der Waals surface area contributed by atoms with Crippen molar-refractivity contribution in [3.63, 3.8) is 0 Å². The van der Waals surface area contributed by atoms with Crippen LogP contribution in [0.2, 0.25) is 0 Å². The van der Waals surface area contributed by atoms with Crippen molar-refractivity contribution in [1.82, 2.24) is 4.90 Å². The molecule has 1 heterocycles. The van der Waals surface area contributed by atoms with E-state index in [-0.39, 0.29) is 17.7 Å². The second kappa shape index (κ2) is 8.07. The molecule has 0 bridgehead atoms. The molecule has 0 aromatic heterocycles. The van der Waals surface area contributed by atoms with Crippen LogP contribution in [-0.2, 0) is 19.6 Å². The molecule has 0 aliphatic carbocycles. The third-order valence-electron chi connectivity index (χ3n) is 4.78. The molecule has 1 atom stereocenters. The second-order valence-electron chi connectivity index (χ2n) is 6.82. The largest absolute Gasteiger partial charge is 0.369 e. The molecular formula is C18H27N3O4S. The van der Waals surface area contributed by atoms with Gasteiger partial charge in [0.05, 0.1) is 11.9 Å². The fraction of sp³-hybridized carbons (Fsp3) is 0.556. The molecule has 0 spiro atoms. The number of nitrogens with two attached hydrogens (primary N) is 1. The van der Waals surface area contributed by atoms with Crippen molar-refractivity contribution in [1.29, 1.82) is 0 Å². The zero-order valence-electron chi connectivity index (χ0n) is 15.5. The number of rotatable bonds is 6. The normalized spacial score (nSPS) is 17.0. The fourth-order valence-electron chi connectivity index (χ4n) is 3.40. The number of primary amides is 1. The van der Waals surface area contributed by atoms with Gasteiger partial charge in [-0.1, -0.05) is 19.1 Å². The van der Waals surface area contributed by atoms with Gasteiger partial charge in [-0.2, -0.15) is 0 Å². The van der Waals surface area contributed by atoms with Gasteiger partial charge < -0.3 is 10.6 Å². The summed E-state index contributed by atoms with van der Waals surface area (Å²) in [6, 6.07) is 6.30. The first-order valence-corrected chi connectivity index (χ1v) is 10.6. The molecule has 8 heteroatoms. The topological polar surface area (TPSA) is 101 Å². The number of sulfonamides is 1. The van der Waals surface area contributed by atoms with Crippen LogP contribution in [-0.4, -0.2) is 50.5 Å². The van der Waals surface area contributed by atoms with Crippen LogP contribution < -0.4 is 10.0 Å². The van der Waals surface area contributed by atoms with E-state index < -0.39 is 16.1 Å². The SMILES string of the molecule is CC[C@H](C(=O)N1CCC(C(N)=O)CC1)N(c1cccc(C)c1)S(C)(=O)=O. The summed E-state index contributed by atoms with van der Waals surface area (Å²) in [5.41, 5.74) is 6.74. The van der Waals surface area contributed by atoms with Crippen LogP contribution in [0.4, 0.5) is 5.69 Å². The number of likely N-dealkylation sites (tertiary alicyclic amines) is 1. The van der Waals surface area contributed by atoms with Gasteiger partial charge in [0.2, 0.25) is 21.8 Å². The number of benzene rings is 1. The molecule has 1 aromatic carbocycles. The summed E-state index contributed by atoms with van der Waals surface area (Å²) in [4.78, 5) is 26.0. The first kappa shape index (κ1) is 20.2. The van der Waals surface area contributed by atoms with Gasteiger partial charge in [0.15, 0.2) is 0 Å². The minimum atomic E-state index is -3.64. The number of hydrogen-bond donors (Lipinski definition) is 1. The van der Waals surface area contributed by atoms with Gasteiger partial charge in [0, 0.05) is 19.0 Å². The highest BCUT2D eigenvalue weighted by molar-refractivity contribution is 7.92.